The molecule has 4 nitrogen and oxygen atoms in total. The SMILES string of the molecule is CCC(=O)Oc1cn(C(c2ccccc2)(c2ccccc2)c2ccccc2)cn1. The smallest absolute Gasteiger partial charge is 0.312 e. The van der Waals surface area contributed by atoms with Gasteiger partial charge in [-0.15, -0.1) is 0 Å². The Hall–Kier alpha value is -3.66. The average Bonchev–Trinajstić information content (AvgIpc) is 3.25. The Labute approximate surface area is 170 Å². The van der Waals surface area contributed by atoms with Crippen molar-refractivity contribution in [1.29, 1.82) is 0 Å². The number of carbonyl (C=O) groups excluding carboxylic acids is 1. The average molecular weight is 382 g/mol. The number of hydrogen-bond acceptors (Lipinski definition) is 3. The zero-order valence-corrected chi connectivity index (χ0v) is 16.2. The first-order valence-corrected chi connectivity index (χ1v) is 9.67. The number of ether oxygens (including phenoxy) is 1. The van der Waals surface area contributed by atoms with E-state index in [9.17, 15) is 4.79 Å². The number of esters is 1. The van der Waals surface area contributed by atoms with E-state index in [-0.39, 0.29) is 5.97 Å². The molecule has 0 spiro atoms. The van der Waals surface area contributed by atoms with Crippen molar-refractivity contribution in [3.8, 4) is 5.88 Å². The summed E-state index contributed by atoms with van der Waals surface area (Å²) < 4.78 is 7.40. The number of nitrogens with zero attached hydrogens (tertiary/aromatic N) is 2. The molecule has 0 aliphatic rings. The second kappa shape index (κ2) is 8.15. The molecule has 0 saturated carbocycles. The van der Waals surface area contributed by atoms with Crippen LogP contribution in [-0.4, -0.2) is 15.5 Å². The minimum atomic E-state index is -0.659. The van der Waals surface area contributed by atoms with Crippen LogP contribution < -0.4 is 4.74 Å². The molecule has 144 valence electrons. The molecule has 0 aliphatic heterocycles. The minimum absolute atomic E-state index is 0.295. The molecule has 29 heavy (non-hydrogen) atoms. The summed E-state index contributed by atoms with van der Waals surface area (Å²) in [5, 5.41) is 0. The first-order valence-electron chi connectivity index (χ1n) is 9.67. The fourth-order valence-corrected chi connectivity index (χ4v) is 3.71. The number of carbonyl (C=O) groups is 1. The molecule has 0 bridgehead atoms. The van der Waals surface area contributed by atoms with E-state index in [2.05, 4.69) is 41.4 Å². The van der Waals surface area contributed by atoms with Gasteiger partial charge in [0, 0.05) is 6.42 Å². The molecule has 0 saturated heterocycles. The van der Waals surface area contributed by atoms with Gasteiger partial charge < -0.3 is 9.30 Å². The summed E-state index contributed by atoms with van der Waals surface area (Å²) in [4.78, 5) is 16.1. The molecule has 1 aromatic heterocycles. The van der Waals surface area contributed by atoms with E-state index in [0.29, 0.717) is 12.3 Å². The molecule has 3 aromatic carbocycles. The van der Waals surface area contributed by atoms with E-state index in [1.54, 1.807) is 19.4 Å². The van der Waals surface area contributed by atoms with Gasteiger partial charge in [-0.2, -0.15) is 0 Å². The topological polar surface area (TPSA) is 44.1 Å². The first kappa shape index (κ1) is 18.7. The van der Waals surface area contributed by atoms with E-state index in [4.69, 9.17) is 4.74 Å². The van der Waals surface area contributed by atoms with Crippen LogP contribution in [0.5, 0.6) is 5.88 Å². The van der Waals surface area contributed by atoms with Crippen LogP contribution in [0.3, 0.4) is 0 Å². The van der Waals surface area contributed by atoms with E-state index >= 15 is 0 Å². The van der Waals surface area contributed by atoms with Gasteiger partial charge in [0.15, 0.2) is 0 Å². The Balaban J connectivity index is 2.00. The zero-order valence-electron chi connectivity index (χ0n) is 16.2. The van der Waals surface area contributed by atoms with E-state index < -0.39 is 5.54 Å². The lowest BCUT2D eigenvalue weighted by atomic mass is 9.77. The maximum Gasteiger partial charge on any atom is 0.312 e. The molecule has 4 aromatic rings. The quantitative estimate of drug-likeness (QED) is 0.347. The Bertz CT molecular complexity index is 977. The van der Waals surface area contributed by atoms with Crippen molar-refractivity contribution in [3.63, 3.8) is 0 Å². The lowest BCUT2D eigenvalue weighted by Crippen LogP contribution is -2.36. The molecule has 4 rings (SSSR count). The fraction of sp³-hybridized carbons (Fsp3) is 0.120. The molecule has 0 amide bonds. The largest absolute Gasteiger partial charge is 0.406 e. The van der Waals surface area contributed by atoms with Crippen molar-refractivity contribution in [3.05, 3.63) is 120 Å². The van der Waals surface area contributed by atoms with Crippen LogP contribution in [0.25, 0.3) is 0 Å². The predicted octanol–water partition coefficient (Wildman–Crippen LogP) is 5.04. The Morgan fingerprint density at radius 1 is 0.828 bits per heavy atom. The number of hydrogen-bond donors (Lipinski definition) is 0. The maximum absolute atomic E-state index is 11.8. The lowest BCUT2D eigenvalue weighted by Gasteiger charge is -2.37. The van der Waals surface area contributed by atoms with E-state index in [1.807, 2.05) is 59.2 Å². The third-order valence-electron chi connectivity index (χ3n) is 5.03. The fourth-order valence-electron chi connectivity index (χ4n) is 3.71. The van der Waals surface area contributed by atoms with Gasteiger partial charge in [0.25, 0.3) is 0 Å². The summed E-state index contributed by atoms with van der Waals surface area (Å²) in [5.74, 6) is -0.0102. The summed E-state index contributed by atoms with van der Waals surface area (Å²) in [5.41, 5.74) is 2.60. The molecular weight excluding hydrogens is 360 g/mol. The van der Waals surface area contributed by atoms with Crippen LogP contribution in [0.4, 0.5) is 0 Å². The van der Waals surface area contributed by atoms with Crippen LogP contribution >= 0.6 is 0 Å². The molecule has 0 unspecified atom stereocenters. The number of rotatable bonds is 6. The molecule has 4 heteroatoms. The second-order valence-electron chi connectivity index (χ2n) is 6.76. The second-order valence-corrected chi connectivity index (χ2v) is 6.76. The van der Waals surface area contributed by atoms with Crippen molar-refractivity contribution in [2.75, 3.05) is 0 Å². The van der Waals surface area contributed by atoms with Gasteiger partial charge in [0.1, 0.15) is 11.9 Å². The van der Waals surface area contributed by atoms with Gasteiger partial charge in [0.2, 0.25) is 5.88 Å². The standard InChI is InChI=1S/C25H22N2O2/c1-2-24(28)29-23-18-27(19-26-23)25(20-12-6-3-7-13-20,21-14-8-4-9-15-21)22-16-10-5-11-17-22/h3-19H,2H2,1H3. The van der Waals surface area contributed by atoms with E-state index in [0.717, 1.165) is 16.7 Å². The van der Waals surface area contributed by atoms with Crippen LogP contribution in [0, 0.1) is 0 Å². The summed E-state index contributed by atoms with van der Waals surface area (Å²) in [7, 11) is 0. The molecule has 0 aliphatic carbocycles. The highest BCUT2D eigenvalue weighted by atomic mass is 16.5. The summed E-state index contributed by atoms with van der Waals surface area (Å²) in [6.07, 6.45) is 3.82. The van der Waals surface area contributed by atoms with Crippen LogP contribution in [0.15, 0.2) is 104 Å². The minimum Gasteiger partial charge on any atom is -0.406 e. The van der Waals surface area contributed by atoms with Crippen LogP contribution in [0.1, 0.15) is 30.0 Å². The van der Waals surface area contributed by atoms with Crippen LogP contribution in [-0.2, 0) is 10.3 Å². The monoisotopic (exact) mass is 382 g/mol. The summed E-state index contributed by atoms with van der Waals surface area (Å²) in [6.45, 7) is 1.77. The molecule has 1 heterocycles. The molecule has 0 radical (unpaired) electrons. The number of benzene rings is 3. The Kier molecular flexibility index (Phi) is 5.25. The summed E-state index contributed by atoms with van der Waals surface area (Å²) >= 11 is 0. The lowest BCUT2D eigenvalue weighted by molar-refractivity contribution is -0.134. The number of aromatic nitrogens is 2. The highest BCUT2D eigenvalue weighted by Crippen LogP contribution is 2.41. The molecule has 0 N–H and O–H groups in total. The van der Waals surface area contributed by atoms with E-state index in [1.165, 1.54) is 0 Å². The van der Waals surface area contributed by atoms with Crippen molar-refractivity contribution < 1.29 is 9.53 Å². The Morgan fingerprint density at radius 3 is 1.69 bits per heavy atom. The third-order valence-corrected chi connectivity index (χ3v) is 5.03. The van der Waals surface area contributed by atoms with Crippen molar-refractivity contribution in [2.45, 2.75) is 18.9 Å². The summed E-state index contributed by atoms with van der Waals surface area (Å²) in [6, 6.07) is 30.9. The van der Waals surface area contributed by atoms with Gasteiger partial charge in [-0.3, -0.25) is 4.79 Å². The maximum atomic E-state index is 11.8. The third kappa shape index (κ3) is 3.45. The van der Waals surface area contributed by atoms with Gasteiger partial charge in [-0.25, -0.2) is 4.98 Å². The normalized spacial score (nSPS) is 11.2. The van der Waals surface area contributed by atoms with Crippen LogP contribution in [0.2, 0.25) is 0 Å². The van der Waals surface area contributed by atoms with Gasteiger partial charge in [0.05, 0.1) is 6.20 Å². The highest BCUT2D eigenvalue weighted by molar-refractivity contribution is 5.71. The Morgan fingerprint density at radius 2 is 1.28 bits per heavy atom. The molecule has 0 atom stereocenters. The van der Waals surface area contributed by atoms with Crippen molar-refractivity contribution >= 4 is 5.97 Å². The van der Waals surface area contributed by atoms with Crippen molar-refractivity contribution in [1.82, 2.24) is 9.55 Å². The first-order chi connectivity index (χ1) is 14.2. The predicted molar refractivity (Wildman–Crippen MR) is 113 cm³/mol. The van der Waals surface area contributed by atoms with Gasteiger partial charge in [-0.1, -0.05) is 97.9 Å². The highest BCUT2D eigenvalue weighted by Gasteiger charge is 2.38. The molecule has 0 fully saturated rings. The number of imidazole rings is 1. The van der Waals surface area contributed by atoms with Gasteiger partial charge >= 0.3 is 5.97 Å². The zero-order chi connectivity index (χ0) is 20.1. The van der Waals surface area contributed by atoms with Crippen molar-refractivity contribution in [2.24, 2.45) is 0 Å². The molecular formula is C25H22N2O2. The van der Waals surface area contributed by atoms with Gasteiger partial charge in [-0.05, 0) is 16.7 Å².